The average molecular weight is 379 g/mol. The van der Waals surface area contributed by atoms with E-state index in [9.17, 15) is 14.4 Å². The van der Waals surface area contributed by atoms with E-state index in [1.54, 1.807) is 36.4 Å². The van der Waals surface area contributed by atoms with Gasteiger partial charge in [-0.05, 0) is 24.3 Å². The molecule has 0 amide bonds. The highest BCUT2D eigenvalue weighted by Crippen LogP contribution is 2.21. The van der Waals surface area contributed by atoms with Crippen LogP contribution in [0.15, 0.2) is 66.6 Å². The number of rotatable bonds is 5. The van der Waals surface area contributed by atoms with Gasteiger partial charge in [0, 0.05) is 0 Å². The van der Waals surface area contributed by atoms with Crippen molar-refractivity contribution in [1.82, 2.24) is 9.55 Å². The first-order valence-electron chi connectivity index (χ1n) is 8.26. The second-order valence-corrected chi connectivity index (χ2v) is 5.65. The summed E-state index contributed by atoms with van der Waals surface area (Å²) in [6.45, 7) is 0. The molecule has 0 aliphatic rings. The van der Waals surface area contributed by atoms with E-state index < -0.39 is 11.9 Å². The fraction of sp³-hybridized carbons (Fsp3) is 0.100. The predicted octanol–water partition coefficient (Wildman–Crippen LogP) is 2.37. The monoisotopic (exact) mass is 379 g/mol. The third-order valence-electron chi connectivity index (χ3n) is 3.97. The third kappa shape index (κ3) is 3.75. The van der Waals surface area contributed by atoms with E-state index in [-0.39, 0.29) is 17.2 Å². The number of anilines is 1. The molecule has 0 fully saturated rings. The van der Waals surface area contributed by atoms with Crippen LogP contribution in [0.4, 0.5) is 5.69 Å². The van der Waals surface area contributed by atoms with E-state index in [2.05, 4.69) is 19.8 Å². The van der Waals surface area contributed by atoms with E-state index in [1.165, 1.54) is 25.1 Å². The standard InChI is InChI=1S/C20H17N3O5/c1-27-18(24)11-16(20(26)28-2)22-14-8-4-3-7-13(14)19(25)23-12-21-15-9-5-6-10-17(15)23/h3-12,22H,1-2H3/b16-11+. The maximum Gasteiger partial charge on any atom is 0.354 e. The van der Waals surface area contributed by atoms with Crippen molar-refractivity contribution in [1.29, 1.82) is 0 Å². The molecule has 3 aromatic rings. The number of nitrogens with one attached hydrogen (secondary N) is 1. The fourth-order valence-corrected chi connectivity index (χ4v) is 2.61. The van der Waals surface area contributed by atoms with Gasteiger partial charge in [-0.2, -0.15) is 0 Å². The molecule has 0 unspecified atom stereocenters. The Labute approximate surface area is 160 Å². The van der Waals surface area contributed by atoms with Gasteiger partial charge < -0.3 is 14.8 Å². The Bertz CT molecular complexity index is 1080. The Morgan fingerprint density at radius 1 is 1.00 bits per heavy atom. The molecule has 28 heavy (non-hydrogen) atoms. The maximum atomic E-state index is 13.1. The van der Waals surface area contributed by atoms with E-state index in [0.29, 0.717) is 16.7 Å². The first-order chi connectivity index (χ1) is 13.5. The number of benzene rings is 2. The van der Waals surface area contributed by atoms with E-state index in [1.807, 2.05) is 12.1 Å². The van der Waals surface area contributed by atoms with Crippen molar-refractivity contribution in [3.8, 4) is 0 Å². The number of para-hydroxylation sites is 3. The van der Waals surface area contributed by atoms with Crippen LogP contribution in [-0.4, -0.2) is 41.6 Å². The third-order valence-corrected chi connectivity index (χ3v) is 3.97. The summed E-state index contributed by atoms with van der Waals surface area (Å²) in [6.07, 6.45) is 2.40. The number of carbonyl (C=O) groups excluding carboxylic acids is 3. The van der Waals surface area contributed by atoms with Crippen LogP contribution in [0.2, 0.25) is 0 Å². The van der Waals surface area contributed by atoms with Gasteiger partial charge in [0.05, 0.1) is 42.6 Å². The first-order valence-corrected chi connectivity index (χ1v) is 8.26. The normalized spacial score (nSPS) is 11.1. The van der Waals surface area contributed by atoms with Crippen molar-refractivity contribution in [3.05, 3.63) is 72.2 Å². The Morgan fingerprint density at radius 2 is 1.71 bits per heavy atom. The second-order valence-electron chi connectivity index (χ2n) is 5.65. The molecule has 0 aliphatic heterocycles. The zero-order valence-corrected chi connectivity index (χ0v) is 15.2. The Hall–Kier alpha value is -3.94. The lowest BCUT2D eigenvalue weighted by atomic mass is 10.1. The summed E-state index contributed by atoms with van der Waals surface area (Å²) >= 11 is 0. The van der Waals surface area contributed by atoms with Crippen LogP contribution in [0.5, 0.6) is 0 Å². The summed E-state index contributed by atoms with van der Waals surface area (Å²) in [7, 11) is 2.37. The molecule has 0 saturated heterocycles. The number of esters is 2. The van der Waals surface area contributed by atoms with Crippen molar-refractivity contribution >= 4 is 34.6 Å². The number of methoxy groups -OCH3 is 2. The second kappa shape index (κ2) is 8.17. The van der Waals surface area contributed by atoms with Crippen molar-refractivity contribution in [2.24, 2.45) is 0 Å². The molecule has 8 heteroatoms. The van der Waals surface area contributed by atoms with Crippen LogP contribution >= 0.6 is 0 Å². The van der Waals surface area contributed by atoms with Gasteiger partial charge in [0.1, 0.15) is 12.0 Å². The molecular formula is C20H17N3O5. The van der Waals surface area contributed by atoms with Crippen molar-refractivity contribution in [3.63, 3.8) is 0 Å². The molecule has 0 saturated carbocycles. The van der Waals surface area contributed by atoms with Crippen molar-refractivity contribution in [2.75, 3.05) is 19.5 Å². The number of hydrogen-bond acceptors (Lipinski definition) is 7. The maximum absolute atomic E-state index is 13.1. The van der Waals surface area contributed by atoms with E-state index in [0.717, 1.165) is 6.08 Å². The summed E-state index contributed by atoms with van der Waals surface area (Å²) in [5.41, 5.74) is 1.78. The minimum Gasteiger partial charge on any atom is -0.466 e. The number of nitrogens with zero attached hydrogens (tertiary/aromatic N) is 2. The molecule has 0 bridgehead atoms. The Morgan fingerprint density at radius 3 is 2.46 bits per heavy atom. The minimum absolute atomic E-state index is 0.162. The SMILES string of the molecule is COC(=O)/C=C(/Nc1ccccc1C(=O)n1cnc2ccccc21)C(=O)OC. The van der Waals surface area contributed by atoms with Gasteiger partial charge in [0.2, 0.25) is 0 Å². The number of aromatic nitrogens is 2. The highest BCUT2D eigenvalue weighted by atomic mass is 16.5. The smallest absolute Gasteiger partial charge is 0.354 e. The molecule has 142 valence electrons. The van der Waals surface area contributed by atoms with Crippen LogP contribution < -0.4 is 5.32 Å². The summed E-state index contributed by atoms with van der Waals surface area (Å²) in [4.78, 5) is 40.9. The van der Waals surface area contributed by atoms with Gasteiger partial charge in [-0.15, -0.1) is 0 Å². The molecule has 1 N–H and O–H groups in total. The molecule has 0 radical (unpaired) electrons. The largest absolute Gasteiger partial charge is 0.466 e. The Balaban J connectivity index is 2.01. The Kier molecular flexibility index (Phi) is 5.50. The molecule has 0 aliphatic carbocycles. The molecule has 1 heterocycles. The van der Waals surface area contributed by atoms with Crippen LogP contribution in [0.25, 0.3) is 11.0 Å². The molecule has 2 aromatic carbocycles. The van der Waals surface area contributed by atoms with Gasteiger partial charge in [0.25, 0.3) is 5.91 Å². The topological polar surface area (TPSA) is 99.5 Å². The molecular weight excluding hydrogens is 362 g/mol. The highest BCUT2D eigenvalue weighted by molar-refractivity contribution is 6.06. The molecule has 0 atom stereocenters. The van der Waals surface area contributed by atoms with Gasteiger partial charge in [-0.3, -0.25) is 9.36 Å². The molecule has 8 nitrogen and oxygen atoms in total. The van der Waals surface area contributed by atoms with Gasteiger partial charge in [-0.25, -0.2) is 14.6 Å². The van der Waals surface area contributed by atoms with Crippen LogP contribution in [0.3, 0.4) is 0 Å². The molecule has 0 spiro atoms. The lowest BCUT2D eigenvalue weighted by Crippen LogP contribution is -2.18. The van der Waals surface area contributed by atoms with Crippen molar-refractivity contribution in [2.45, 2.75) is 0 Å². The number of hydrogen-bond donors (Lipinski definition) is 1. The van der Waals surface area contributed by atoms with Gasteiger partial charge in [-0.1, -0.05) is 24.3 Å². The summed E-state index contributed by atoms with van der Waals surface area (Å²) in [6, 6.07) is 13.8. The average Bonchev–Trinajstić information content (AvgIpc) is 3.16. The zero-order chi connectivity index (χ0) is 20.1. The van der Waals surface area contributed by atoms with E-state index >= 15 is 0 Å². The molecule has 3 rings (SSSR count). The lowest BCUT2D eigenvalue weighted by molar-refractivity contribution is -0.138. The summed E-state index contributed by atoms with van der Waals surface area (Å²) < 4.78 is 10.7. The lowest BCUT2D eigenvalue weighted by Gasteiger charge is -2.13. The summed E-state index contributed by atoms with van der Waals surface area (Å²) in [5, 5.41) is 2.79. The number of ether oxygens (including phenoxy) is 2. The zero-order valence-electron chi connectivity index (χ0n) is 15.2. The number of carbonyl (C=O) groups is 3. The number of fused-ring (bicyclic) bond motifs is 1. The quantitative estimate of drug-likeness (QED) is 0.537. The van der Waals surface area contributed by atoms with E-state index in [4.69, 9.17) is 0 Å². The van der Waals surface area contributed by atoms with Crippen LogP contribution in [0, 0.1) is 0 Å². The van der Waals surface area contributed by atoms with Crippen LogP contribution in [0.1, 0.15) is 10.4 Å². The first kappa shape index (κ1) is 18.8. The molecule has 1 aromatic heterocycles. The highest BCUT2D eigenvalue weighted by Gasteiger charge is 2.19. The van der Waals surface area contributed by atoms with Crippen molar-refractivity contribution < 1.29 is 23.9 Å². The van der Waals surface area contributed by atoms with Gasteiger partial charge >= 0.3 is 11.9 Å². The summed E-state index contributed by atoms with van der Waals surface area (Å²) in [5.74, 6) is -1.86. The van der Waals surface area contributed by atoms with Crippen LogP contribution in [-0.2, 0) is 19.1 Å². The van der Waals surface area contributed by atoms with Gasteiger partial charge in [0.15, 0.2) is 0 Å². The fourth-order valence-electron chi connectivity index (χ4n) is 2.61. The number of imidazole rings is 1. The predicted molar refractivity (Wildman–Crippen MR) is 102 cm³/mol. The minimum atomic E-state index is -0.777.